The molecule has 0 amide bonds. The molecule has 1 heterocycles. The van der Waals surface area contributed by atoms with E-state index < -0.39 is 0 Å². The van der Waals surface area contributed by atoms with Gasteiger partial charge in [0, 0.05) is 6.42 Å². The van der Waals surface area contributed by atoms with Gasteiger partial charge >= 0.3 is 0 Å². The van der Waals surface area contributed by atoms with Crippen LogP contribution in [-0.2, 0) is 11.2 Å². The van der Waals surface area contributed by atoms with E-state index in [9.17, 15) is 0 Å². The highest BCUT2D eigenvalue weighted by Crippen LogP contribution is 2.19. The van der Waals surface area contributed by atoms with E-state index in [1.807, 2.05) is 18.2 Å². The molecule has 0 bridgehead atoms. The number of aryl methyl sites for hydroxylation is 1. The summed E-state index contributed by atoms with van der Waals surface area (Å²) in [4.78, 5) is 0. The molecule has 1 aliphatic rings. The minimum Gasteiger partial charge on any atom is -0.465 e. The van der Waals surface area contributed by atoms with Crippen LogP contribution in [0.15, 0.2) is 36.9 Å². The SMILES string of the molecule is C=CCCc1ccc(OC2CCCCO2)cc1. The summed E-state index contributed by atoms with van der Waals surface area (Å²) in [6, 6.07) is 8.27. The molecule has 1 aliphatic heterocycles. The molecule has 1 fully saturated rings. The predicted octanol–water partition coefficient (Wildman–Crippen LogP) is 3.71. The molecule has 0 N–H and O–H groups in total. The van der Waals surface area contributed by atoms with Crippen molar-refractivity contribution in [2.45, 2.75) is 38.4 Å². The Balaban J connectivity index is 1.86. The van der Waals surface area contributed by atoms with Crippen molar-refractivity contribution in [2.75, 3.05) is 6.61 Å². The summed E-state index contributed by atoms with van der Waals surface area (Å²) in [7, 11) is 0. The second kappa shape index (κ2) is 6.45. The first-order valence-corrected chi connectivity index (χ1v) is 6.36. The summed E-state index contributed by atoms with van der Waals surface area (Å²) in [5.74, 6) is 0.902. The zero-order chi connectivity index (χ0) is 11.9. The third-order valence-corrected chi connectivity index (χ3v) is 2.97. The van der Waals surface area contributed by atoms with E-state index in [1.54, 1.807) is 0 Å². The van der Waals surface area contributed by atoms with Crippen LogP contribution >= 0.6 is 0 Å². The normalized spacial score (nSPS) is 19.9. The Morgan fingerprint density at radius 3 is 2.76 bits per heavy atom. The van der Waals surface area contributed by atoms with E-state index in [0.717, 1.165) is 38.0 Å². The van der Waals surface area contributed by atoms with Crippen LogP contribution in [-0.4, -0.2) is 12.9 Å². The van der Waals surface area contributed by atoms with E-state index in [2.05, 4.69) is 18.7 Å². The zero-order valence-electron chi connectivity index (χ0n) is 10.2. The largest absolute Gasteiger partial charge is 0.465 e. The molecule has 1 aromatic carbocycles. The fourth-order valence-corrected chi connectivity index (χ4v) is 1.96. The first-order valence-electron chi connectivity index (χ1n) is 6.36. The third kappa shape index (κ3) is 3.90. The van der Waals surface area contributed by atoms with E-state index in [1.165, 1.54) is 12.0 Å². The average molecular weight is 232 g/mol. The highest BCUT2D eigenvalue weighted by Gasteiger charge is 2.14. The molecule has 2 heteroatoms. The maximum absolute atomic E-state index is 5.77. The van der Waals surface area contributed by atoms with Crippen LogP contribution in [0.3, 0.4) is 0 Å². The highest BCUT2D eigenvalue weighted by atomic mass is 16.7. The van der Waals surface area contributed by atoms with Crippen molar-refractivity contribution in [1.29, 1.82) is 0 Å². The van der Waals surface area contributed by atoms with Gasteiger partial charge in [0.25, 0.3) is 0 Å². The number of hydrogen-bond donors (Lipinski definition) is 0. The molecule has 1 atom stereocenters. The van der Waals surface area contributed by atoms with Crippen molar-refractivity contribution in [2.24, 2.45) is 0 Å². The third-order valence-electron chi connectivity index (χ3n) is 2.97. The van der Waals surface area contributed by atoms with E-state index in [-0.39, 0.29) is 6.29 Å². The molecule has 1 unspecified atom stereocenters. The van der Waals surface area contributed by atoms with E-state index in [4.69, 9.17) is 9.47 Å². The molecule has 0 radical (unpaired) electrons. The summed E-state index contributed by atoms with van der Waals surface area (Å²) >= 11 is 0. The second-order valence-corrected chi connectivity index (χ2v) is 4.39. The Bertz CT molecular complexity index is 336. The Morgan fingerprint density at radius 2 is 2.12 bits per heavy atom. The minimum absolute atomic E-state index is 0.0530. The van der Waals surface area contributed by atoms with Gasteiger partial charge in [-0.05, 0) is 43.4 Å². The van der Waals surface area contributed by atoms with Crippen LogP contribution in [0, 0.1) is 0 Å². The van der Waals surface area contributed by atoms with Gasteiger partial charge in [0.15, 0.2) is 6.29 Å². The molecule has 0 saturated carbocycles. The fourth-order valence-electron chi connectivity index (χ4n) is 1.96. The van der Waals surface area contributed by atoms with E-state index >= 15 is 0 Å². The van der Waals surface area contributed by atoms with Gasteiger partial charge in [0.2, 0.25) is 0 Å². The van der Waals surface area contributed by atoms with Crippen molar-refractivity contribution in [3.63, 3.8) is 0 Å². The highest BCUT2D eigenvalue weighted by molar-refractivity contribution is 5.27. The molecule has 1 saturated heterocycles. The van der Waals surface area contributed by atoms with Crippen molar-refractivity contribution in [3.8, 4) is 5.75 Å². The lowest BCUT2D eigenvalue weighted by Gasteiger charge is -2.23. The van der Waals surface area contributed by atoms with Crippen molar-refractivity contribution in [1.82, 2.24) is 0 Å². The lowest BCUT2D eigenvalue weighted by molar-refractivity contribution is -0.105. The maximum Gasteiger partial charge on any atom is 0.199 e. The number of rotatable bonds is 5. The zero-order valence-corrected chi connectivity index (χ0v) is 10.2. The van der Waals surface area contributed by atoms with Crippen LogP contribution < -0.4 is 4.74 Å². The van der Waals surface area contributed by atoms with Gasteiger partial charge in [-0.1, -0.05) is 18.2 Å². The number of benzene rings is 1. The summed E-state index contributed by atoms with van der Waals surface area (Å²) in [6.07, 6.45) is 7.30. The Morgan fingerprint density at radius 1 is 1.29 bits per heavy atom. The lowest BCUT2D eigenvalue weighted by Crippen LogP contribution is -2.24. The quantitative estimate of drug-likeness (QED) is 0.720. The lowest BCUT2D eigenvalue weighted by atomic mass is 10.1. The maximum atomic E-state index is 5.77. The number of hydrogen-bond acceptors (Lipinski definition) is 2. The number of ether oxygens (including phenoxy) is 2. The summed E-state index contributed by atoms with van der Waals surface area (Å²) in [6.45, 7) is 4.55. The summed E-state index contributed by atoms with van der Waals surface area (Å²) in [5, 5.41) is 0. The van der Waals surface area contributed by atoms with Gasteiger partial charge in [0.1, 0.15) is 5.75 Å². The molecule has 0 aliphatic carbocycles. The topological polar surface area (TPSA) is 18.5 Å². The molecular formula is C15H20O2. The summed E-state index contributed by atoms with van der Waals surface area (Å²) < 4.78 is 11.3. The van der Waals surface area contributed by atoms with Gasteiger partial charge in [-0.25, -0.2) is 0 Å². The van der Waals surface area contributed by atoms with Gasteiger partial charge in [-0.3, -0.25) is 0 Å². The van der Waals surface area contributed by atoms with Crippen molar-refractivity contribution < 1.29 is 9.47 Å². The van der Waals surface area contributed by atoms with Crippen molar-refractivity contribution in [3.05, 3.63) is 42.5 Å². The molecule has 1 aromatic rings. The second-order valence-electron chi connectivity index (χ2n) is 4.39. The molecule has 0 spiro atoms. The van der Waals surface area contributed by atoms with Crippen LogP contribution in [0.25, 0.3) is 0 Å². The standard InChI is InChI=1S/C15H20O2/c1-2-3-6-13-8-10-14(11-9-13)17-15-7-4-5-12-16-15/h2,8-11,15H,1,3-7,12H2. The van der Waals surface area contributed by atoms with Gasteiger partial charge in [-0.2, -0.15) is 0 Å². The predicted molar refractivity (Wildman–Crippen MR) is 69.2 cm³/mol. The minimum atomic E-state index is -0.0530. The van der Waals surface area contributed by atoms with Crippen molar-refractivity contribution >= 4 is 0 Å². The van der Waals surface area contributed by atoms with Gasteiger partial charge in [0.05, 0.1) is 6.61 Å². The molecule has 2 rings (SSSR count). The van der Waals surface area contributed by atoms with Crippen LogP contribution in [0.1, 0.15) is 31.2 Å². The molecule has 17 heavy (non-hydrogen) atoms. The van der Waals surface area contributed by atoms with E-state index in [0.29, 0.717) is 0 Å². The fraction of sp³-hybridized carbons (Fsp3) is 0.467. The average Bonchev–Trinajstić information content (AvgIpc) is 2.39. The molecular weight excluding hydrogens is 212 g/mol. The smallest absolute Gasteiger partial charge is 0.199 e. The first kappa shape index (κ1) is 12.2. The Hall–Kier alpha value is -1.28. The Labute approximate surface area is 103 Å². The molecule has 2 nitrogen and oxygen atoms in total. The first-order chi connectivity index (χ1) is 8.38. The molecule has 0 aromatic heterocycles. The molecule has 92 valence electrons. The monoisotopic (exact) mass is 232 g/mol. The Kier molecular flexibility index (Phi) is 4.63. The van der Waals surface area contributed by atoms with Gasteiger partial charge in [-0.15, -0.1) is 6.58 Å². The van der Waals surface area contributed by atoms with Gasteiger partial charge < -0.3 is 9.47 Å². The number of allylic oxidation sites excluding steroid dienone is 1. The van der Waals surface area contributed by atoms with Crippen LogP contribution in [0.5, 0.6) is 5.75 Å². The summed E-state index contributed by atoms with van der Waals surface area (Å²) in [5.41, 5.74) is 1.32. The van der Waals surface area contributed by atoms with Crippen LogP contribution in [0.2, 0.25) is 0 Å². The van der Waals surface area contributed by atoms with Crippen LogP contribution in [0.4, 0.5) is 0 Å².